The highest BCUT2D eigenvalue weighted by Gasteiger charge is 2.31. The maximum Gasteiger partial charge on any atom is 0.417 e. The zero-order chi connectivity index (χ0) is 24.8. The van der Waals surface area contributed by atoms with Gasteiger partial charge in [0.05, 0.1) is 10.6 Å². The van der Waals surface area contributed by atoms with Crippen LogP contribution in [-0.2, 0) is 6.18 Å². The van der Waals surface area contributed by atoms with E-state index in [1.807, 2.05) is 0 Å². The van der Waals surface area contributed by atoms with Crippen molar-refractivity contribution in [2.24, 2.45) is 0 Å². The average Bonchev–Trinajstić information content (AvgIpc) is 2.85. The number of anilines is 2. The first-order valence-electron chi connectivity index (χ1n) is 12.4. The number of likely N-dealkylation sites (tertiary alicyclic amines) is 1. The number of nitrogens with one attached hydrogen (secondary N) is 1. The lowest BCUT2D eigenvalue weighted by Crippen LogP contribution is -2.47. The number of benzene rings is 1. The Bertz CT molecular complexity index is 948. The van der Waals surface area contributed by atoms with E-state index in [1.165, 1.54) is 17.3 Å². The van der Waals surface area contributed by atoms with Gasteiger partial charge in [0.25, 0.3) is 0 Å². The third-order valence-corrected chi connectivity index (χ3v) is 7.39. The van der Waals surface area contributed by atoms with E-state index in [2.05, 4.69) is 56.2 Å². The van der Waals surface area contributed by atoms with Gasteiger partial charge >= 0.3 is 6.18 Å². The molecule has 0 radical (unpaired) electrons. The number of halogens is 3. The molecular formula is C26H34F3N5S. The standard InChI is InChI=1S/C26H34F3N5S/c1-20-4-7-23(8-5-20)33-17-15-32(16-18-33)12-2-3-25(35)34-13-10-22(11-14-34)31-24-9-6-21(19-30-24)26(27,28)29/h4-9,19,22H,2-3,10-18H2,1H3,(H,30,31). The molecule has 0 aliphatic carbocycles. The molecule has 1 aromatic heterocycles. The molecule has 5 nitrogen and oxygen atoms in total. The van der Waals surface area contributed by atoms with E-state index in [-0.39, 0.29) is 6.04 Å². The second kappa shape index (κ2) is 11.6. The minimum absolute atomic E-state index is 0.197. The highest BCUT2D eigenvalue weighted by atomic mass is 32.1. The topological polar surface area (TPSA) is 34.6 Å². The lowest BCUT2D eigenvalue weighted by Gasteiger charge is -2.37. The van der Waals surface area contributed by atoms with Crippen LogP contribution in [0.4, 0.5) is 24.7 Å². The minimum Gasteiger partial charge on any atom is -0.369 e. The van der Waals surface area contributed by atoms with Crippen LogP contribution in [0, 0.1) is 6.92 Å². The molecule has 0 spiro atoms. The molecule has 0 unspecified atom stereocenters. The first-order valence-corrected chi connectivity index (χ1v) is 12.8. The highest BCUT2D eigenvalue weighted by Crippen LogP contribution is 2.29. The maximum atomic E-state index is 12.7. The molecule has 0 bridgehead atoms. The fourth-order valence-electron chi connectivity index (χ4n) is 4.73. The zero-order valence-electron chi connectivity index (χ0n) is 20.2. The van der Waals surface area contributed by atoms with E-state index in [9.17, 15) is 13.2 Å². The first-order chi connectivity index (χ1) is 16.8. The molecular weight excluding hydrogens is 471 g/mol. The smallest absolute Gasteiger partial charge is 0.369 e. The van der Waals surface area contributed by atoms with Crippen molar-refractivity contribution in [1.29, 1.82) is 0 Å². The van der Waals surface area contributed by atoms with Crippen LogP contribution < -0.4 is 10.2 Å². The molecule has 2 saturated heterocycles. The largest absolute Gasteiger partial charge is 0.417 e. The number of alkyl halides is 3. The van der Waals surface area contributed by atoms with Gasteiger partial charge in [-0.15, -0.1) is 0 Å². The van der Waals surface area contributed by atoms with Crippen LogP contribution in [0.3, 0.4) is 0 Å². The van der Waals surface area contributed by atoms with Crippen molar-refractivity contribution in [2.45, 2.75) is 44.8 Å². The number of piperidine rings is 1. The average molecular weight is 506 g/mol. The van der Waals surface area contributed by atoms with Gasteiger partial charge < -0.3 is 15.1 Å². The van der Waals surface area contributed by atoms with Gasteiger partial charge in [-0.05, 0) is 63.4 Å². The van der Waals surface area contributed by atoms with Crippen LogP contribution in [-0.4, -0.2) is 71.6 Å². The Kier molecular flexibility index (Phi) is 8.49. The summed E-state index contributed by atoms with van der Waals surface area (Å²) in [6.07, 6.45) is 0.300. The van der Waals surface area contributed by atoms with Gasteiger partial charge in [-0.25, -0.2) is 4.98 Å². The number of hydrogen-bond donors (Lipinski definition) is 1. The summed E-state index contributed by atoms with van der Waals surface area (Å²) in [7, 11) is 0. The second-order valence-electron chi connectivity index (χ2n) is 9.50. The van der Waals surface area contributed by atoms with Gasteiger partial charge in [-0.1, -0.05) is 29.9 Å². The van der Waals surface area contributed by atoms with Gasteiger partial charge in [-0.2, -0.15) is 13.2 Å². The van der Waals surface area contributed by atoms with Crippen molar-refractivity contribution in [3.63, 3.8) is 0 Å². The van der Waals surface area contributed by atoms with Crippen LogP contribution in [0.15, 0.2) is 42.6 Å². The van der Waals surface area contributed by atoms with Gasteiger partial charge in [0.1, 0.15) is 5.82 Å². The summed E-state index contributed by atoms with van der Waals surface area (Å²) in [5.74, 6) is 0.488. The number of aryl methyl sites for hydroxylation is 1. The molecule has 0 saturated carbocycles. The Hall–Kier alpha value is -2.39. The van der Waals surface area contributed by atoms with Gasteiger partial charge in [0, 0.05) is 57.2 Å². The maximum absolute atomic E-state index is 12.7. The summed E-state index contributed by atoms with van der Waals surface area (Å²) in [5.41, 5.74) is 1.87. The minimum atomic E-state index is -4.36. The molecule has 3 heterocycles. The fourth-order valence-corrected chi connectivity index (χ4v) is 5.05. The van der Waals surface area contributed by atoms with E-state index in [0.717, 1.165) is 88.7 Å². The van der Waals surface area contributed by atoms with Crippen LogP contribution in [0.2, 0.25) is 0 Å². The molecule has 2 fully saturated rings. The third kappa shape index (κ3) is 7.30. The van der Waals surface area contributed by atoms with Crippen LogP contribution in [0.5, 0.6) is 0 Å². The lowest BCUT2D eigenvalue weighted by atomic mass is 10.0. The summed E-state index contributed by atoms with van der Waals surface area (Å²) >= 11 is 5.71. The Balaban J connectivity index is 1.11. The van der Waals surface area contributed by atoms with Gasteiger partial charge in [-0.3, -0.25) is 4.90 Å². The molecule has 35 heavy (non-hydrogen) atoms. The van der Waals surface area contributed by atoms with Crippen LogP contribution >= 0.6 is 12.2 Å². The normalized spacial score (nSPS) is 18.1. The Labute approximate surface area is 211 Å². The number of hydrogen-bond acceptors (Lipinski definition) is 5. The van der Waals surface area contributed by atoms with Crippen LogP contribution in [0.25, 0.3) is 0 Å². The summed E-state index contributed by atoms with van der Waals surface area (Å²) in [4.78, 5) is 12.2. The SMILES string of the molecule is Cc1ccc(N2CCN(CCCC(=S)N3CCC(Nc4ccc(C(F)(F)F)cn4)CC3)CC2)cc1. The molecule has 0 atom stereocenters. The van der Waals surface area contributed by atoms with Crippen molar-refractivity contribution in [1.82, 2.24) is 14.8 Å². The summed E-state index contributed by atoms with van der Waals surface area (Å²) < 4.78 is 38.1. The van der Waals surface area contributed by atoms with Gasteiger partial charge in [0.2, 0.25) is 0 Å². The first kappa shape index (κ1) is 25.7. The number of pyridine rings is 1. The number of rotatable bonds is 7. The van der Waals surface area contributed by atoms with E-state index < -0.39 is 11.7 Å². The summed E-state index contributed by atoms with van der Waals surface area (Å²) in [6.45, 7) is 9.19. The van der Waals surface area contributed by atoms with E-state index in [1.54, 1.807) is 0 Å². The predicted molar refractivity (Wildman–Crippen MR) is 139 cm³/mol. The van der Waals surface area contributed by atoms with E-state index >= 15 is 0 Å². The predicted octanol–water partition coefficient (Wildman–Crippen LogP) is 5.21. The lowest BCUT2D eigenvalue weighted by molar-refractivity contribution is -0.137. The molecule has 4 rings (SSSR count). The molecule has 190 valence electrons. The van der Waals surface area contributed by atoms with Crippen LogP contribution in [0.1, 0.15) is 36.8 Å². The van der Waals surface area contributed by atoms with Gasteiger partial charge in [0.15, 0.2) is 0 Å². The van der Waals surface area contributed by atoms with E-state index in [0.29, 0.717) is 5.82 Å². The number of nitrogens with zero attached hydrogens (tertiary/aromatic N) is 4. The quantitative estimate of drug-likeness (QED) is 0.520. The molecule has 2 aliphatic heterocycles. The summed E-state index contributed by atoms with van der Waals surface area (Å²) in [5, 5.41) is 3.26. The van der Waals surface area contributed by atoms with Crippen molar-refractivity contribution in [2.75, 3.05) is 56.0 Å². The van der Waals surface area contributed by atoms with E-state index in [4.69, 9.17) is 12.2 Å². The Morgan fingerprint density at radius 2 is 1.69 bits per heavy atom. The summed E-state index contributed by atoms with van der Waals surface area (Å²) in [6, 6.07) is 11.4. The van der Waals surface area contributed by atoms with Crippen molar-refractivity contribution in [3.8, 4) is 0 Å². The number of thiocarbonyl (C=S) groups is 1. The molecule has 1 aromatic carbocycles. The molecule has 2 aromatic rings. The Morgan fingerprint density at radius 1 is 1.00 bits per heavy atom. The molecule has 0 amide bonds. The molecule has 9 heteroatoms. The highest BCUT2D eigenvalue weighted by molar-refractivity contribution is 7.80. The van der Waals surface area contributed by atoms with Crippen molar-refractivity contribution < 1.29 is 13.2 Å². The monoisotopic (exact) mass is 505 g/mol. The molecule has 2 aliphatic rings. The molecule has 1 N–H and O–H groups in total. The second-order valence-corrected chi connectivity index (χ2v) is 9.97. The fraction of sp³-hybridized carbons (Fsp3) is 0.538. The van der Waals surface area contributed by atoms with Crippen molar-refractivity contribution >= 4 is 28.7 Å². The van der Waals surface area contributed by atoms with Crippen molar-refractivity contribution in [3.05, 3.63) is 53.7 Å². The third-order valence-electron chi connectivity index (χ3n) is 6.93. The number of aromatic nitrogens is 1. The Morgan fingerprint density at radius 3 is 2.29 bits per heavy atom. The zero-order valence-corrected chi connectivity index (χ0v) is 21.0. The number of piperazine rings is 1.